The van der Waals surface area contributed by atoms with E-state index >= 15 is 0 Å². The summed E-state index contributed by atoms with van der Waals surface area (Å²) in [6, 6.07) is 13.9. The first-order valence-electron chi connectivity index (χ1n) is 7.49. The number of rotatable bonds is 5. The highest BCUT2D eigenvalue weighted by Gasteiger charge is 2.11. The van der Waals surface area contributed by atoms with E-state index in [1.807, 2.05) is 24.3 Å². The second-order valence-electron chi connectivity index (χ2n) is 6.51. The molecular formula is C19H22FNO. The highest BCUT2D eigenvalue weighted by molar-refractivity contribution is 5.97. The number of carbonyl (C=O) groups is 1. The molecule has 2 nitrogen and oxygen atoms in total. The Morgan fingerprint density at radius 1 is 1.09 bits per heavy atom. The number of halogens is 1. The average Bonchev–Trinajstić information content (AvgIpc) is 2.45. The molecule has 2 aromatic carbocycles. The van der Waals surface area contributed by atoms with Crippen LogP contribution in [-0.4, -0.2) is 11.3 Å². The Kier molecular flexibility index (Phi) is 4.96. The molecule has 0 heterocycles. The zero-order valence-corrected chi connectivity index (χ0v) is 13.3. The van der Waals surface area contributed by atoms with Crippen molar-refractivity contribution in [2.75, 3.05) is 5.32 Å². The molecule has 1 N–H and O–H groups in total. The third-order valence-electron chi connectivity index (χ3n) is 3.26. The Bertz CT molecular complexity index is 641. The first-order valence-corrected chi connectivity index (χ1v) is 7.49. The Labute approximate surface area is 131 Å². The summed E-state index contributed by atoms with van der Waals surface area (Å²) >= 11 is 0. The van der Waals surface area contributed by atoms with Crippen molar-refractivity contribution in [1.29, 1.82) is 0 Å². The van der Waals surface area contributed by atoms with Gasteiger partial charge in [-0.1, -0.05) is 24.3 Å². The van der Waals surface area contributed by atoms with Crippen LogP contribution in [0.25, 0.3) is 0 Å². The molecule has 0 bridgehead atoms. The van der Waals surface area contributed by atoms with Crippen molar-refractivity contribution in [3.63, 3.8) is 0 Å². The number of Topliss-reactive ketones (excluding diaryl/α,β-unsaturated/α-hetero) is 1. The van der Waals surface area contributed by atoms with Gasteiger partial charge in [-0.05, 0) is 57.0 Å². The van der Waals surface area contributed by atoms with Crippen molar-refractivity contribution in [1.82, 2.24) is 0 Å². The monoisotopic (exact) mass is 299 g/mol. The van der Waals surface area contributed by atoms with Gasteiger partial charge in [0.2, 0.25) is 0 Å². The first-order chi connectivity index (χ1) is 10.3. The van der Waals surface area contributed by atoms with Crippen LogP contribution < -0.4 is 5.32 Å². The largest absolute Gasteiger partial charge is 0.380 e. The van der Waals surface area contributed by atoms with Gasteiger partial charge >= 0.3 is 0 Å². The summed E-state index contributed by atoms with van der Waals surface area (Å²) in [6.07, 6.45) is 1.04. The smallest absolute Gasteiger partial charge is 0.163 e. The fourth-order valence-electron chi connectivity index (χ4n) is 2.26. The summed E-state index contributed by atoms with van der Waals surface area (Å²) in [5, 5.41) is 3.36. The molecule has 0 unspecified atom stereocenters. The fraction of sp³-hybridized carbons (Fsp3) is 0.316. The molecular weight excluding hydrogens is 277 g/mol. The predicted octanol–water partition coefficient (Wildman–Crippen LogP) is 4.85. The number of nitrogens with one attached hydrogen (secondary N) is 1. The lowest BCUT2D eigenvalue weighted by molar-refractivity contribution is 0.0983. The molecule has 3 heteroatoms. The maximum Gasteiger partial charge on any atom is 0.163 e. The summed E-state index contributed by atoms with van der Waals surface area (Å²) in [5.41, 5.74) is 2.57. The SMILES string of the molecule is CC(C)(C)Nc1cccc(C(=O)CCc2ccc(F)cc2)c1. The van der Waals surface area contributed by atoms with Gasteiger partial charge in [0.05, 0.1) is 0 Å². The zero-order chi connectivity index (χ0) is 16.2. The fourth-order valence-corrected chi connectivity index (χ4v) is 2.26. The van der Waals surface area contributed by atoms with Crippen LogP contribution in [0.4, 0.5) is 10.1 Å². The zero-order valence-electron chi connectivity index (χ0n) is 13.3. The van der Waals surface area contributed by atoms with Crippen LogP contribution in [0.3, 0.4) is 0 Å². The molecule has 0 atom stereocenters. The molecule has 0 amide bonds. The van der Waals surface area contributed by atoms with Crippen LogP contribution in [-0.2, 0) is 6.42 Å². The van der Waals surface area contributed by atoms with Gasteiger partial charge in [-0.25, -0.2) is 4.39 Å². The van der Waals surface area contributed by atoms with E-state index in [9.17, 15) is 9.18 Å². The molecule has 22 heavy (non-hydrogen) atoms. The summed E-state index contributed by atoms with van der Waals surface area (Å²) < 4.78 is 12.9. The number of anilines is 1. The lowest BCUT2D eigenvalue weighted by Gasteiger charge is -2.22. The number of hydrogen-bond donors (Lipinski definition) is 1. The Balaban J connectivity index is 2.00. The minimum absolute atomic E-state index is 0.0459. The van der Waals surface area contributed by atoms with E-state index in [1.54, 1.807) is 12.1 Å². The molecule has 2 rings (SSSR count). The molecule has 0 aliphatic rings. The summed E-state index contributed by atoms with van der Waals surface area (Å²) in [5.74, 6) is -0.155. The molecule has 0 aromatic heterocycles. The molecule has 0 fully saturated rings. The topological polar surface area (TPSA) is 29.1 Å². The number of aryl methyl sites for hydroxylation is 1. The van der Waals surface area contributed by atoms with Crippen LogP contribution in [0.1, 0.15) is 43.1 Å². The maximum atomic E-state index is 12.9. The van der Waals surface area contributed by atoms with Crippen molar-refractivity contribution in [3.8, 4) is 0 Å². The van der Waals surface area contributed by atoms with E-state index in [2.05, 4.69) is 26.1 Å². The van der Waals surface area contributed by atoms with Gasteiger partial charge in [0.1, 0.15) is 5.82 Å². The van der Waals surface area contributed by atoms with Gasteiger partial charge in [0.15, 0.2) is 5.78 Å². The quantitative estimate of drug-likeness (QED) is 0.799. The third kappa shape index (κ3) is 4.99. The van der Waals surface area contributed by atoms with Crippen LogP contribution in [0.15, 0.2) is 48.5 Å². The second kappa shape index (κ2) is 6.73. The van der Waals surface area contributed by atoms with Crippen LogP contribution in [0.2, 0.25) is 0 Å². The van der Waals surface area contributed by atoms with Gasteiger partial charge in [-0.2, -0.15) is 0 Å². The average molecular weight is 299 g/mol. The maximum absolute atomic E-state index is 12.9. The van der Waals surface area contributed by atoms with Crippen molar-refractivity contribution >= 4 is 11.5 Å². The van der Waals surface area contributed by atoms with E-state index in [0.29, 0.717) is 18.4 Å². The van der Waals surface area contributed by atoms with Crippen molar-refractivity contribution in [2.24, 2.45) is 0 Å². The van der Waals surface area contributed by atoms with E-state index in [4.69, 9.17) is 0 Å². The van der Waals surface area contributed by atoms with Gasteiger partial charge in [0.25, 0.3) is 0 Å². The molecule has 0 radical (unpaired) electrons. The van der Waals surface area contributed by atoms with Crippen molar-refractivity contribution < 1.29 is 9.18 Å². The second-order valence-corrected chi connectivity index (χ2v) is 6.51. The van der Waals surface area contributed by atoms with Crippen LogP contribution >= 0.6 is 0 Å². The van der Waals surface area contributed by atoms with Crippen molar-refractivity contribution in [2.45, 2.75) is 39.2 Å². The highest BCUT2D eigenvalue weighted by Crippen LogP contribution is 2.18. The summed E-state index contributed by atoms with van der Waals surface area (Å²) in [6.45, 7) is 6.24. The molecule has 2 aromatic rings. The molecule has 0 aliphatic heterocycles. The first kappa shape index (κ1) is 16.2. The Morgan fingerprint density at radius 2 is 1.77 bits per heavy atom. The molecule has 0 saturated carbocycles. The Hall–Kier alpha value is -2.16. The molecule has 0 saturated heterocycles. The number of ketones is 1. The lowest BCUT2D eigenvalue weighted by Crippen LogP contribution is -2.26. The van der Waals surface area contributed by atoms with E-state index in [0.717, 1.165) is 11.3 Å². The van der Waals surface area contributed by atoms with Crippen LogP contribution in [0.5, 0.6) is 0 Å². The standard InChI is InChI=1S/C19H22FNO/c1-19(2,3)21-17-6-4-5-15(13-17)18(22)12-9-14-7-10-16(20)11-8-14/h4-8,10-11,13,21H,9,12H2,1-3H3. The van der Waals surface area contributed by atoms with Gasteiger partial charge in [-0.3, -0.25) is 4.79 Å². The third-order valence-corrected chi connectivity index (χ3v) is 3.26. The van der Waals surface area contributed by atoms with Gasteiger partial charge in [0, 0.05) is 23.2 Å². The van der Waals surface area contributed by atoms with E-state index in [-0.39, 0.29) is 17.1 Å². The number of hydrogen-bond acceptors (Lipinski definition) is 2. The predicted molar refractivity (Wildman–Crippen MR) is 88.9 cm³/mol. The summed E-state index contributed by atoms with van der Waals surface area (Å²) in [7, 11) is 0. The van der Waals surface area contributed by atoms with Crippen LogP contribution in [0, 0.1) is 5.82 Å². The molecule has 0 aliphatic carbocycles. The number of benzene rings is 2. The minimum Gasteiger partial charge on any atom is -0.380 e. The summed E-state index contributed by atoms with van der Waals surface area (Å²) in [4.78, 5) is 12.3. The Morgan fingerprint density at radius 3 is 2.41 bits per heavy atom. The minimum atomic E-state index is -0.254. The van der Waals surface area contributed by atoms with Crippen molar-refractivity contribution in [3.05, 3.63) is 65.5 Å². The normalized spacial score (nSPS) is 11.3. The van der Waals surface area contributed by atoms with E-state index in [1.165, 1.54) is 12.1 Å². The van der Waals surface area contributed by atoms with E-state index < -0.39 is 0 Å². The number of carbonyl (C=O) groups excluding carboxylic acids is 1. The molecule has 0 spiro atoms. The van der Waals surface area contributed by atoms with Gasteiger partial charge in [-0.15, -0.1) is 0 Å². The van der Waals surface area contributed by atoms with Gasteiger partial charge < -0.3 is 5.32 Å². The molecule has 116 valence electrons. The lowest BCUT2D eigenvalue weighted by atomic mass is 10.0. The highest BCUT2D eigenvalue weighted by atomic mass is 19.1.